The van der Waals surface area contributed by atoms with Crippen LogP contribution >= 0.6 is 0 Å². The van der Waals surface area contributed by atoms with Gasteiger partial charge in [0.1, 0.15) is 12.1 Å². The Balaban J connectivity index is 1.67. The van der Waals surface area contributed by atoms with Gasteiger partial charge in [0.25, 0.3) is 17.7 Å². The Kier molecular flexibility index (Phi) is 5.78. The van der Waals surface area contributed by atoms with E-state index in [1.807, 2.05) is 0 Å². The molecule has 0 radical (unpaired) electrons. The van der Waals surface area contributed by atoms with E-state index in [1.54, 1.807) is 0 Å². The van der Waals surface area contributed by atoms with Crippen molar-refractivity contribution in [2.24, 2.45) is 0 Å². The second kappa shape index (κ2) is 8.26. The van der Waals surface area contributed by atoms with E-state index in [9.17, 15) is 18.4 Å². The summed E-state index contributed by atoms with van der Waals surface area (Å²) < 4.78 is 32.4. The summed E-state index contributed by atoms with van der Waals surface area (Å²) in [5.41, 5.74) is -0.109. The van der Waals surface area contributed by atoms with E-state index in [0.29, 0.717) is 0 Å². The molecule has 1 fully saturated rings. The van der Waals surface area contributed by atoms with Gasteiger partial charge in [-0.1, -0.05) is 0 Å². The van der Waals surface area contributed by atoms with E-state index in [0.717, 1.165) is 12.4 Å². The van der Waals surface area contributed by atoms with Crippen LogP contribution in [0.25, 0.3) is 0 Å². The third-order valence-electron chi connectivity index (χ3n) is 4.47. The molecule has 0 atom stereocenters. The normalized spacial score (nSPS) is 14.1. The van der Waals surface area contributed by atoms with Crippen LogP contribution < -0.4 is 4.74 Å². The van der Waals surface area contributed by atoms with Crippen LogP contribution in [0.3, 0.4) is 0 Å². The van der Waals surface area contributed by atoms with Crippen LogP contribution in [0.4, 0.5) is 8.78 Å². The predicted octanol–water partition coefficient (Wildman–Crippen LogP) is 0.854. The van der Waals surface area contributed by atoms with Gasteiger partial charge in [0.15, 0.2) is 5.69 Å². The van der Waals surface area contributed by atoms with Gasteiger partial charge >= 0.3 is 0 Å². The summed E-state index contributed by atoms with van der Waals surface area (Å²) in [7, 11) is 1.24. The molecule has 1 saturated heterocycles. The summed E-state index contributed by atoms with van der Waals surface area (Å²) in [6, 6.07) is 3.78. The first-order valence-electron chi connectivity index (χ1n) is 8.48. The lowest BCUT2D eigenvalue weighted by Crippen LogP contribution is -2.51. The summed E-state index contributed by atoms with van der Waals surface area (Å²) in [6.07, 6.45) is 1.04. The maximum absolute atomic E-state index is 14.2. The van der Waals surface area contributed by atoms with Crippen molar-refractivity contribution in [3.05, 3.63) is 53.0 Å². The van der Waals surface area contributed by atoms with E-state index in [1.165, 1.54) is 29.0 Å². The van der Waals surface area contributed by atoms with E-state index in [-0.39, 0.29) is 49.1 Å². The first-order chi connectivity index (χ1) is 13.5. The molecule has 10 heteroatoms. The number of ether oxygens (including phenoxy) is 1. The first kappa shape index (κ1) is 19.6. The highest BCUT2D eigenvalue weighted by molar-refractivity contribution is 5.95. The maximum atomic E-state index is 14.2. The van der Waals surface area contributed by atoms with Crippen molar-refractivity contribution >= 4 is 11.8 Å². The maximum Gasteiger partial charge on any atom is 0.275 e. The highest BCUT2D eigenvalue weighted by Crippen LogP contribution is 2.18. The number of hydrogen-bond donors (Lipinski definition) is 1. The van der Waals surface area contributed by atoms with E-state index in [4.69, 9.17) is 9.84 Å². The van der Waals surface area contributed by atoms with Crippen LogP contribution in [0.15, 0.2) is 24.5 Å². The molecule has 1 aliphatic rings. The third kappa shape index (κ3) is 3.77. The Morgan fingerprint density at radius 1 is 1.11 bits per heavy atom. The van der Waals surface area contributed by atoms with Gasteiger partial charge in [0.2, 0.25) is 5.82 Å². The standard InChI is InChI=1S/C18H18F2N4O4/c1-28-16-14(20)15(21-10-22-16)18(27)24-6-4-23(5-7-24)17(26)11-2-3-13(19)12(8-11)9-25/h2-3,8,10,25H,4-7,9H2,1H3. The Bertz CT molecular complexity index is 901. The number of benzene rings is 1. The molecule has 0 saturated carbocycles. The molecule has 148 valence electrons. The topological polar surface area (TPSA) is 95.9 Å². The Labute approximate surface area is 159 Å². The van der Waals surface area contributed by atoms with E-state index < -0.39 is 29.8 Å². The molecule has 2 heterocycles. The number of rotatable bonds is 4. The number of aliphatic hydroxyl groups excluding tert-OH is 1. The summed E-state index contributed by atoms with van der Waals surface area (Å²) in [4.78, 5) is 35.3. The molecule has 0 bridgehead atoms. The number of piperazine rings is 1. The molecule has 28 heavy (non-hydrogen) atoms. The van der Waals surface area contributed by atoms with Crippen molar-refractivity contribution in [1.82, 2.24) is 19.8 Å². The quantitative estimate of drug-likeness (QED) is 0.829. The van der Waals surface area contributed by atoms with Gasteiger partial charge in [0, 0.05) is 37.3 Å². The summed E-state index contributed by atoms with van der Waals surface area (Å²) in [5.74, 6) is -2.79. The molecule has 1 aliphatic heterocycles. The number of aliphatic hydroxyl groups is 1. The van der Waals surface area contributed by atoms with Crippen molar-refractivity contribution in [2.45, 2.75) is 6.61 Å². The van der Waals surface area contributed by atoms with Crippen molar-refractivity contribution < 1.29 is 28.2 Å². The number of nitrogens with zero attached hydrogens (tertiary/aromatic N) is 4. The molecule has 3 rings (SSSR count). The second-order valence-electron chi connectivity index (χ2n) is 6.09. The summed E-state index contributed by atoms with van der Waals surface area (Å²) >= 11 is 0. The van der Waals surface area contributed by atoms with Gasteiger partial charge in [-0.2, -0.15) is 9.37 Å². The number of carbonyl (C=O) groups is 2. The Morgan fingerprint density at radius 3 is 2.36 bits per heavy atom. The largest absolute Gasteiger partial charge is 0.479 e. The van der Waals surface area contributed by atoms with E-state index in [2.05, 4.69) is 9.97 Å². The monoisotopic (exact) mass is 392 g/mol. The average molecular weight is 392 g/mol. The highest BCUT2D eigenvalue weighted by atomic mass is 19.1. The number of halogens is 2. The van der Waals surface area contributed by atoms with Gasteiger partial charge < -0.3 is 19.6 Å². The third-order valence-corrected chi connectivity index (χ3v) is 4.47. The fourth-order valence-corrected chi connectivity index (χ4v) is 2.92. The van der Waals surface area contributed by atoms with Gasteiger partial charge in [-0.3, -0.25) is 9.59 Å². The fourth-order valence-electron chi connectivity index (χ4n) is 2.92. The van der Waals surface area contributed by atoms with Crippen LogP contribution in [0.5, 0.6) is 5.88 Å². The van der Waals surface area contributed by atoms with Gasteiger partial charge in [-0.05, 0) is 18.2 Å². The first-order valence-corrected chi connectivity index (χ1v) is 8.48. The zero-order chi connectivity index (χ0) is 20.3. The van der Waals surface area contributed by atoms with Crippen LogP contribution in [0.1, 0.15) is 26.4 Å². The van der Waals surface area contributed by atoms with Crippen molar-refractivity contribution in [3.63, 3.8) is 0 Å². The molecule has 0 unspecified atom stereocenters. The SMILES string of the molecule is COc1ncnc(C(=O)N2CCN(C(=O)c3ccc(F)c(CO)c3)CC2)c1F. The number of methoxy groups -OCH3 is 1. The number of aromatic nitrogens is 2. The zero-order valence-electron chi connectivity index (χ0n) is 15.1. The van der Waals surface area contributed by atoms with Gasteiger partial charge in [0.05, 0.1) is 13.7 Å². The molecule has 1 N–H and O–H groups in total. The molecule has 1 aromatic heterocycles. The minimum Gasteiger partial charge on any atom is -0.479 e. The lowest BCUT2D eigenvalue weighted by Gasteiger charge is -2.34. The minimum atomic E-state index is -0.934. The van der Waals surface area contributed by atoms with E-state index >= 15 is 0 Å². The zero-order valence-corrected chi connectivity index (χ0v) is 15.1. The van der Waals surface area contributed by atoms with Crippen LogP contribution in [-0.4, -0.2) is 70.0 Å². The summed E-state index contributed by atoms with van der Waals surface area (Å²) in [6.45, 7) is 0.304. The number of amides is 2. The predicted molar refractivity (Wildman–Crippen MR) is 92.7 cm³/mol. The lowest BCUT2D eigenvalue weighted by molar-refractivity contribution is 0.0528. The molecule has 2 aromatic rings. The number of hydrogen-bond acceptors (Lipinski definition) is 6. The van der Waals surface area contributed by atoms with Gasteiger partial charge in [-0.15, -0.1) is 0 Å². The fraction of sp³-hybridized carbons (Fsp3) is 0.333. The second-order valence-corrected chi connectivity index (χ2v) is 6.09. The molecule has 0 aliphatic carbocycles. The molecule has 2 amide bonds. The lowest BCUT2D eigenvalue weighted by atomic mass is 10.1. The smallest absolute Gasteiger partial charge is 0.275 e. The Hall–Kier alpha value is -3.14. The average Bonchev–Trinajstić information content (AvgIpc) is 2.73. The molecular weight excluding hydrogens is 374 g/mol. The number of carbonyl (C=O) groups excluding carboxylic acids is 2. The van der Waals surface area contributed by atoms with Crippen LogP contribution in [0.2, 0.25) is 0 Å². The minimum absolute atomic E-state index is 0.0350. The van der Waals surface area contributed by atoms with Crippen LogP contribution in [-0.2, 0) is 6.61 Å². The molecule has 0 spiro atoms. The highest BCUT2D eigenvalue weighted by Gasteiger charge is 2.29. The molecular formula is C18H18F2N4O4. The summed E-state index contributed by atoms with van der Waals surface area (Å²) in [5, 5.41) is 9.14. The molecule has 1 aromatic carbocycles. The van der Waals surface area contributed by atoms with Crippen molar-refractivity contribution in [3.8, 4) is 5.88 Å². The van der Waals surface area contributed by atoms with Crippen LogP contribution in [0, 0.1) is 11.6 Å². The van der Waals surface area contributed by atoms with Crippen molar-refractivity contribution in [2.75, 3.05) is 33.3 Å². The van der Waals surface area contributed by atoms with Gasteiger partial charge in [-0.25, -0.2) is 9.37 Å². The Morgan fingerprint density at radius 2 is 1.75 bits per heavy atom. The van der Waals surface area contributed by atoms with Crippen molar-refractivity contribution in [1.29, 1.82) is 0 Å². The molecule has 8 nitrogen and oxygen atoms in total.